The minimum Gasteiger partial charge on any atom is -0.308 e. The summed E-state index contributed by atoms with van der Waals surface area (Å²) < 4.78 is 4.52. The van der Waals surface area contributed by atoms with Crippen LogP contribution in [0.4, 0.5) is 0 Å². The van der Waals surface area contributed by atoms with E-state index in [0.717, 1.165) is 65.4 Å². The van der Waals surface area contributed by atoms with Crippen LogP contribution < -0.4 is 10.9 Å². The van der Waals surface area contributed by atoms with Crippen molar-refractivity contribution in [3.8, 4) is 44.5 Å². The molecular weight excluding hydrogens is 813 g/mol. The monoisotopic (exact) mass is 848 g/mol. The van der Waals surface area contributed by atoms with Gasteiger partial charge in [-0.15, -0.1) is 0 Å². The minimum absolute atomic E-state index is 0.0125. The molecule has 4 heterocycles. The lowest BCUT2D eigenvalue weighted by molar-refractivity contribution is 0.795. The highest BCUT2D eigenvalue weighted by atomic mass is 16.1. The van der Waals surface area contributed by atoms with Crippen LogP contribution >= 0.6 is 0 Å². The molecule has 1 unspecified atom stereocenters. The zero-order valence-corrected chi connectivity index (χ0v) is 36.1. The summed E-state index contributed by atoms with van der Waals surface area (Å²) >= 11 is 0. The van der Waals surface area contributed by atoms with E-state index in [9.17, 15) is 0 Å². The molecule has 14 aromatic rings. The Morgan fingerprint density at radius 3 is 1.28 bits per heavy atom. The number of benzene rings is 10. The predicted octanol–water partition coefficient (Wildman–Crippen LogP) is 14.7. The minimum atomic E-state index is -0.641. The summed E-state index contributed by atoms with van der Waals surface area (Å²) in [5.41, 5.74) is 18.1. The molecule has 1 atom stereocenters. The Kier molecular flexibility index (Phi) is 6.53. The maximum Gasteiger partial charge on any atom is 0.263 e. The van der Waals surface area contributed by atoms with Crippen LogP contribution in [0.5, 0.6) is 0 Å². The molecule has 2 aliphatic rings. The quantitative estimate of drug-likeness (QED) is 0.159. The molecule has 0 N–H and O–H groups in total. The highest BCUT2D eigenvalue weighted by Gasteiger charge is 2.53. The second-order valence-corrected chi connectivity index (χ2v) is 18.7. The van der Waals surface area contributed by atoms with Gasteiger partial charge < -0.3 is 4.40 Å². The number of aromatic nitrogens is 2. The van der Waals surface area contributed by atoms with E-state index in [1.54, 1.807) is 0 Å². The van der Waals surface area contributed by atoms with Gasteiger partial charge in [0, 0.05) is 59.6 Å². The zero-order chi connectivity index (χ0) is 43.9. The van der Waals surface area contributed by atoms with Gasteiger partial charge in [0.05, 0.1) is 27.5 Å². The van der Waals surface area contributed by atoms with Crippen LogP contribution in [0.1, 0.15) is 22.3 Å². The van der Waals surface area contributed by atoms with Gasteiger partial charge in [-0.05, 0) is 84.6 Å². The summed E-state index contributed by atoms with van der Waals surface area (Å²) in [6.45, 7) is 4.90. The number of hydrogen-bond acceptors (Lipinski definition) is 1. The van der Waals surface area contributed by atoms with Gasteiger partial charge in [-0.3, -0.25) is 9.20 Å². The molecule has 16 rings (SSSR count). The summed E-state index contributed by atoms with van der Waals surface area (Å²) in [5.74, 6) is 0. The molecule has 0 amide bonds. The van der Waals surface area contributed by atoms with E-state index in [2.05, 4.69) is 203 Å². The van der Waals surface area contributed by atoms with Crippen molar-refractivity contribution in [2.75, 3.05) is 0 Å². The van der Waals surface area contributed by atoms with Gasteiger partial charge in [0.25, 0.3) is 5.56 Å². The van der Waals surface area contributed by atoms with Gasteiger partial charge in [-0.1, -0.05) is 195 Å². The lowest BCUT2D eigenvalue weighted by Crippen LogP contribution is -2.26. The molecule has 0 saturated carbocycles. The molecule has 2 aliphatic carbocycles. The van der Waals surface area contributed by atoms with Crippen LogP contribution in [0.15, 0.2) is 211 Å². The molecule has 0 fully saturated rings. The SMILES string of the molecule is C=c1c2ccc(-c3ccccc3)cc2c2cccc3c4ccc5c(c4n1c23)-c1ccccc1C51c2ccccc2-c2c1ccc1c3cccc4c5cc(-c6ccccc6)ccc5c(=O)n(c21)c43. The Balaban J connectivity index is 1.03. The molecular formula is C64H36N2O. The first-order valence-corrected chi connectivity index (χ1v) is 23.2. The van der Waals surface area contributed by atoms with Crippen molar-refractivity contribution in [3.63, 3.8) is 0 Å². The van der Waals surface area contributed by atoms with Crippen LogP contribution in [0.2, 0.25) is 0 Å². The molecule has 1 spiro atoms. The molecule has 3 nitrogen and oxygen atoms in total. The molecule has 3 heteroatoms. The Labute approximate surface area is 383 Å². The van der Waals surface area contributed by atoms with Crippen molar-refractivity contribution in [1.29, 1.82) is 0 Å². The Morgan fingerprint density at radius 2 is 0.731 bits per heavy atom. The smallest absolute Gasteiger partial charge is 0.263 e. The van der Waals surface area contributed by atoms with Crippen LogP contribution in [-0.2, 0) is 5.41 Å². The first-order chi connectivity index (χ1) is 33.1. The van der Waals surface area contributed by atoms with E-state index in [1.807, 2.05) is 12.1 Å². The van der Waals surface area contributed by atoms with Gasteiger partial charge in [-0.25, -0.2) is 0 Å². The molecule has 308 valence electrons. The Hall–Kier alpha value is -8.79. The molecule has 10 aromatic carbocycles. The standard InChI is InChI=1S/C64H36N2O/c1-36-41-28-26-39(37-14-4-2-5-15-37)34-51(41)44-22-12-20-42-46-30-32-55-57(61(46)65(36)59(42)44)49-18-8-10-24-53(49)64(55)54-25-11-9-19-50(54)58-56(64)33-31-47-43-21-13-23-45-52-35-40(38-16-6-3-7-17-38)27-29-48(52)63(67)66(60(43)45)62(47)58/h2-35H,1H2. The van der Waals surface area contributed by atoms with E-state index in [1.165, 1.54) is 82.6 Å². The molecule has 0 aliphatic heterocycles. The molecule has 0 saturated heterocycles. The third-order valence-electron chi connectivity index (χ3n) is 15.8. The fourth-order valence-electron chi connectivity index (χ4n) is 13.1. The highest BCUT2D eigenvalue weighted by Crippen LogP contribution is 2.65. The van der Waals surface area contributed by atoms with E-state index in [0.29, 0.717) is 0 Å². The third-order valence-corrected chi connectivity index (χ3v) is 15.8. The summed E-state index contributed by atoms with van der Waals surface area (Å²) in [4.78, 5) is 15.3. The van der Waals surface area contributed by atoms with Crippen molar-refractivity contribution in [1.82, 2.24) is 8.80 Å². The van der Waals surface area contributed by atoms with Gasteiger partial charge in [0.2, 0.25) is 0 Å². The van der Waals surface area contributed by atoms with Crippen molar-refractivity contribution in [2.45, 2.75) is 5.41 Å². The van der Waals surface area contributed by atoms with E-state index < -0.39 is 5.41 Å². The summed E-state index contributed by atoms with van der Waals surface area (Å²) in [6, 6.07) is 75.1. The average Bonchev–Trinajstić information content (AvgIpc) is 4.10. The van der Waals surface area contributed by atoms with Gasteiger partial charge in [-0.2, -0.15) is 0 Å². The fraction of sp³-hybridized carbons (Fsp3) is 0.0156. The largest absolute Gasteiger partial charge is 0.308 e. The highest BCUT2D eigenvalue weighted by molar-refractivity contribution is 6.26. The van der Waals surface area contributed by atoms with Crippen LogP contribution in [0.25, 0.3) is 127 Å². The molecule has 0 radical (unpaired) electrons. The first kappa shape index (κ1) is 35.5. The van der Waals surface area contributed by atoms with Crippen molar-refractivity contribution < 1.29 is 0 Å². The Bertz CT molecular complexity index is 4350. The maximum absolute atomic E-state index is 15.3. The fourth-order valence-corrected chi connectivity index (χ4v) is 13.1. The first-order valence-electron chi connectivity index (χ1n) is 23.2. The van der Waals surface area contributed by atoms with E-state index in [-0.39, 0.29) is 5.56 Å². The summed E-state index contributed by atoms with van der Waals surface area (Å²) in [5, 5.41) is 12.0. The predicted molar refractivity (Wildman–Crippen MR) is 279 cm³/mol. The topological polar surface area (TPSA) is 25.9 Å². The van der Waals surface area contributed by atoms with Gasteiger partial charge >= 0.3 is 0 Å². The number of fused-ring (bicyclic) bond motifs is 22. The maximum atomic E-state index is 15.3. The van der Waals surface area contributed by atoms with Crippen LogP contribution in [0.3, 0.4) is 0 Å². The van der Waals surface area contributed by atoms with Gasteiger partial charge in [0.15, 0.2) is 0 Å². The normalized spacial score (nSPS) is 15.0. The van der Waals surface area contributed by atoms with Crippen molar-refractivity contribution in [2.24, 2.45) is 0 Å². The molecule has 67 heavy (non-hydrogen) atoms. The number of nitrogens with zero attached hydrogens (tertiary/aromatic N) is 2. The van der Waals surface area contributed by atoms with Crippen LogP contribution in [-0.4, -0.2) is 8.80 Å². The van der Waals surface area contributed by atoms with Crippen molar-refractivity contribution >= 4 is 82.5 Å². The van der Waals surface area contributed by atoms with Crippen LogP contribution in [0, 0.1) is 0 Å². The lowest BCUT2D eigenvalue weighted by Gasteiger charge is -2.30. The second kappa shape index (κ2) is 12.3. The van der Waals surface area contributed by atoms with E-state index in [4.69, 9.17) is 6.58 Å². The number of para-hydroxylation sites is 2. The summed E-state index contributed by atoms with van der Waals surface area (Å²) in [6.07, 6.45) is 0. The van der Waals surface area contributed by atoms with E-state index >= 15 is 4.79 Å². The average molecular weight is 849 g/mol. The zero-order valence-electron chi connectivity index (χ0n) is 36.1. The summed E-state index contributed by atoms with van der Waals surface area (Å²) in [7, 11) is 0. The number of hydrogen-bond donors (Lipinski definition) is 0. The Morgan fingerprint density at radius 1 is 0.313 bits per heavy atom. The van der Waals surface area contributed by atoms with Crippen molar-refractivity contribution in [3.05, 3.63) is 244 Å². The van der Waals surface area contributed by atoms with Gasteiger partial charge in [0.1, 0.15) is 0 Å². The second-order valence-electron chi connectivity index (χ2n) is 18.7. The lowest BCUT2D eigenvalue weighted by atomic mass is 9.70. The molecule has 4 aromatic heterocycles. The number of pyridine rings is 2. The number of rotatable bonds is 2. The third kappa shape index (κ3) is 4.14. The molecule has 0 bridgehead atoms.